The minimum atomic E-state index is 0.491. The van der Waals surface area contributed by atoms with Gasteiger partial charge in [-0.3, -0.25) is 4.68 Å². The normalized spacial score (nSPS) is 13.3. The van der Waals surface area contributed by atoms with Crippen molar-refractivity contribution in [2.45, 2.75) is 19.4 Å². The van der Waals surface area contributed by atoms with Crippen LogP contribution in [0.5, 0.6) is 0 Å². The van der Waals surface area contributed by atoms with Crippen molar-refractivity contribution < 1.29 is 0 Å². The van der Waals surface area contributed by atoms with Crippen molar-refractivity contribution in [3.8, 4) is 0 Å². The number of aryl methyl sites for hydroxylation is 1. The Balaban J connectivity index is 2.45. The lowest BCUT2D eigenvalue weighted by molar-refractivity contribution is 0.608. The molecule has 0 spiro atoms. The van der Waals surface area contributed by atoms with Crippen molar-refractivity contribution in [2.24, 2.45) is 7.05 Å². The van der Waals surface area contributed by atoms with E-state index in [-0.39, 0.29) is 0 Å². The molecule has 0 saturated heterocycles. The fourth-order valence-electron chi connectivity index (χ4n) is 1.91. The Kier molecular flexibility index (Phi) is 2.73. The zero-order valence-corrected chi connectivity index (χ0v) is 9.49. The highest BCUT2D eigenvalue weighted by atomic mass is 15.2. The first-order valence-electron chi connectivity index (χ1n) is 5.29. The van der Waals surface area contributed by atoms with Crippen LogP contribution in [0, 0.1) is 0 Å². The van der Waals surface area contributed by atoms with Gasteiger partial charge >= 0.3 is 0 Å². The molecule has 0 saturated carbocycles. The fraction of sp³-hybridized carbons (Fsp3) is 0.417. The predicted molar refractivity (Wildman–Crippen MR) is 62.9 cm³/mol. The standard InChI is InChI=1S/C12H17N3/c1-9(13-2)7-10-5-4-6-11-8-14-15(3)12(10)11/h4-6,8-9,13H,7H2,1-3H3. The molecule has 0 aliphatic carbocycles. The lowest BCUT2D eigenvalue weighted by Crippen LogP contribution is -2.23. The second kappa shape index (κ2) is 4.03. The molecule has 2 aromatic rings. The van der Waals surface area contributed by atoms with E-state index in [4.69, 9.17) is 0 Å². The van der Waals surface area contributed by atoms with E-state index >= 15 is 0 Å². The van der Waals surface area contributed by atoms with Crippen LogP contribution in [0.25, 0.3) is 10.9 Å². The molecule has 3 heteroatoms. The Morgan fingerprint density at radius 2 is 2.27 bits per heavy atom. The zero-order valence-electron chi connectivity index (χ0n) is 9.49. The highest BCUT2D eigenvalue weighted by Gasteiger charge is 2.07. The van der Waals surface area contributed by atoms with E-state index in [1.54, 1.807) is 0 Å². The summed E-state index contributed by atoms with van der Waals surface area (Å²) < 4.78 is 1.95. The molecule has 1 atom stereocenters. The molecule has 80 valence electrons. The number of aromatic nitrogens is 2. The first-order chi connectivity index (χ1) is 7.22. The molecule has 0 aliphatic rings. The van der Waals surface area contributed by atoms with Gasteiger partial charge in [-0.05, 0) is 26.0 Å². The second-order valence-electron chi connectivity index (χ2n) is 4.02. The van der Waals surface area contributed by atoms with Gasteiger partial charge in [-0.2, -0.15) is 5.10 Å². The summed E-state index contributed by atoms with van der Waals surface area (Å²) in [5, 5.41) is 8.77. The van der Waals surface area contributed by atoms with Crippen LogP contribution in [0.4, 0.5) is 0 Å². The molecule has 15 heavy (non-hydrogen) atoms. The third-order valence-electron chi connectivity index (χ3n) is 2.86. The van der Waals surface area contributed by atoms with Crippen LogP contribution in [0.3, 0.4) is 0 Å². The van der Waals surface area contributed by atoms with E-state index in [0.717, 1.165) is 6.42 Å². The predicted octanol–water partition coefficient (Wildman–Crippen LogP) is 1.72. The van der Waals surface area contributed by atoms with Gasteiger partial charge in [0.2, 0.25) is 0 Å². The van der Waals surface area contributed by atoms with Crippen molar-refractivity contribution in [1.82, 2.24) is 15.1 Å². The number of hydrogen-bond acceptors (Lipinski definition) is 2. The third kappa shape index (κ3) is 1.88. The average molecular weight is 203 g/mol. The maximum absolute atomic E-state index is 4.29. The molecule has 0 bridgehead atoms. The summed E-state index contributed by atoms with van der Waals surface area (Å²) in [5.74, 6) is 0. The highest BCUT2D eigenvalue weighted by molar-refractivity contribution is 5.81. The van der Waals surface area contributed by atoms with Crippen molar-refractivity contribution in [1.29, 1.82) is 0 Å². The Hall–Kier alpha value is -1.35. The zero-order chi connectivity index (χ0) is 10.8. The second-order valence-corrected chi connectivity index (χ2v) is 4.02. The monoisotopic (exact) mass is 203 g/mol. The van der Waals surface area contributed by atoms with E-state index < -0.39 is 0 Å². The topological polar surface area (TPSA) is 29.9 Å². The van der Waals surface area contributed by atoms with Crippen LogP contribution in [0.15, 0.2) is 24.4 Å². The minimum absolute atomic E-state index is 0.491. The molecule has 1 aromatic carbocycles. The minimum Gasteiger partial charge on any atom is -0.317 e. The lowest BCUT2D eigenvalue weighted by Gasteiger charge is -2.11. The molecule has 0 amide bonds. The summed E-state index contributed by atoms with van der Waals surface area (Å²) >= 11 is 0. The van der Waals surface area contributed by atoms with Crippen molar-refractivity contribution in [3.63, 3.8) is 0 Å². The summed E-state index contributed by atoms with van der Waals surface area (Å²) in [6, 6.07) is 6.88. The summed E-state index contributed by atoms with van der Waals surface area (Å²) in [6.45, 7) is 2.19. The van der Waals surface area contributed by atoms with Gasteiger partial charge in [0.15, 0.2) is 0 Å². The summed E-state index contributed by atoms with van der Waals surface area (Å²) in [6.07, 6.45) is 2.95. The van der Waals surface area contributed by atoms with Crippen LogP contribution >= 0.6 is 0 Å². The number of nitrogens with zero attached hydrogens (tertiary/aromatic N) is 2. The fourth-order valence-corrected chi connectivity index (χ4v) is 1.91. The molecule has 1 N–H and O–H groups in total. The molecule has 3 nitrogen and oxygen atoms in total. The van der Waals surface area contributed by atoms with Crippen LogP contribution < -0.4 is 5.32 Å². The molecular weight excluding hydrogens is 186 g/mol. The quantitative estimate of drug-likeness (QED) is 0.823. The molecule has 2 rings (SSSR count). The third-order valence-corrected chi connectivity index (χ3v) is 2.86. The van der Waals surface area contributed by atoms with Crippen LogP contribution in [-0.4, -0.2) is 22.9 Å². The summed E-state index contributed by atoms with van der Waals surface area (Å²) in [4.78, 5) is 0. The molecule has 0 fully saturated rings. The Morgan fingerprint density at radius 1 is 1.47 bits per heavy atom. The molecule has 0 aliphatic heterocycles. The van der Waals surface area contributed by atoms with Gasteiger partial charge in [0, 0.05) is 18.5 Å². The van der Waals surface area contributed by atoms with Gasteiger partial charge in [0.1, 0.15) is 0 Å². The first kappa shape index (κ1) is 10.2. The van der Waals surface area contributed by atoms with Crippen molar-refractivity contribution in [3.05, 3.63) is 30.0 Å². The smallest absolute Gasteiger partial charge is 0.0711 e. The molecule has 1 aromatic heterocycles. The first-order valence-corrected chi connectivity index (χ1v) is 5.29. The number of fused-ring (bicyclic) bond motifs is 1. The highest BCUT2D eigenvalue weighted by Crippen LogP contribution is 2.18. The van der Waals surface area contributed by atoms with Crippen molar-refractivity contribution >= 4 is 10.9 Å². The number of rotatable bonds is 3. The number of likely N-dealkylation sites (N-methyl/N-ethyl adjacent to an activating group) is 1. The average Bonchev–Trinajstić information content (AvgIpc) is 2.61. The number of para-hydroxylation sites is 1. The van der Waals surface area contributed by atoms with Gasteiger partial charge in [-0.15, -0.1) is 0 Å². The van der Waals surface area contributed by atoms with Gasteiger partial charge in [-0.25, -0.2) is 0 Å². The van der Waals surface area contributed by atoms with Gasteiger partial charge in [-0.1, -0.05) is 18.2 Å². The Morgan fingerprint density at radius 3 is 3.00 bits per heavy atom. The van der Waals surface area contributed by atoms with Crippen LogP contribution in [0.2, 0.25) is 0 Å². The van der Waals surface area contributed by atoms with Crippen LogP contribution in [-0.2, 0) is 13.5 Å². The number of benzene rings is 1. The van der Waals surface area contributed by atoms with Gasteiger partial charge < -0.3 is 5.32 Å². The SMILES string of the molecule is CNC(C)Cc1cccc2cnn(C)c12. The Labute approximate surface area is 90.1 Å². The molecule has 1 heterocycles. The largest absolute Gasteiger partial charge is 0.317 e. The van der Waals surface area contributed by atoms with E-state index in [2.05, 4.69) is 35.5 Å². The number of nitrogens with one attached hydrogen (secondary N) is 1. The maximum Gasteiger partial charge on any atom is 0.0711 e. The molecule has 1 unspecified atom stereocenters. The molecular formula is C12H17N3. The number of hydrogen-bond donors (Lipinski definition) is 1. The van der Waals surface area contributed by atoms with E-state index in [1.807, 2.05) is 25.0 Å². The Bertz CT molecular complexity index is 459. The van der Waals surface area contributed by atoms with E-state index in [9.17, 15) is 0 Å². The molecule has 0 radical (unpaired) electrons. The van der Waals surface area contributed by atoms with Crippen LogP contribution in [0.1, 0.15) is 12.5 Å². The van der Waals surface area contributed by atoms with Crippen molar-refractivity contribution in [2.75, 3.05) is 7.05 Å². The van der Waals surface area contributed by atoms with E-state index in [1.165, 1.54) is 16.5 Å². The van der Waals surface area contributed by atoms with Gasteiger partial charge in [0.25, 0.3) is 0 Å². The van der Waals surface area contributed by atoms with Gasteiger partial charge in [0.05, 0.1) is 11.7 Å². The summed E-state index contributed by atoms with van der Waals surface area (Å²) in [5.41, 5.74) is 2.61. The maximum atomic E-state index is 4.29. The van der Waals surface area contributed by atoms with E-state index in [0.29, 0.717) is 6.04 Å². The lowest BCUT2D eigenvalue weighted by atomic mass is 10.0. The summed E-state index contributed by atoms with van der Waals surface area (Å²) in [7, 11) is 3.99.